The predicted molar refractivity (Wildman–Crippen MR) is 94.6 cm³/mol. The zero-order chi connectivity index (χ0) is 17.0. The van der Waals surface area contributed by atoms with Crippen LogP contribution in [0.5, 0.6) is 5.75 Å². The van der Waals surface area contributed by atoms with Gasteiger partial charge in [-0.15, -0.1) is 0 Å². The normalized spacial score (nSPS) is 16.2. The van der Waals surface area contributed by atoms with Gasteiger partial charge < -0.3 is 20.1 Å². The van der Waals surface area contributed by atoms with Crippen LogP contribution in [0.25, 0.3) is 0 Å². The van der Waals surface area contributed by atoms with E-state index in [1.807, 2.05) is 11.8 Å². The molecule has 1 aromatic carbocycles. The van der Waals surface area contributed by atoms with Gasteiger partial charge in [0.15, 0.2) is 0 Å². The van der Waals surface area contributed by atoms with Gasteiger partial charge in [0.2, 0.25) is 0 Å². The van der Waals surface area contributed by atoms with Crippen molar-refractivity contribution in [1.82, 2.24) is 15.1 Å². The number of amides is 2. The molecule has 6 nitrogen and oxygen atoms in total. The first-order valence-corrected chi connectivity index (χ1v) is 7.95. The maximum Gasteiger partial charge on any atom is 0.323 e. The maximum absolute atomic E-state index is 12.4. The van der Waals surface area contributed by atoms with Crippen LogP contribution in [0.4, 0.5) is 4.79 Å². The molecule has 1 saturated heterocycles. The summed E-state index contributed by atoms with van der Waals surface area (Å²) < 4.78 is 0. The molecule has 0 spiro atoms. The number of benzene rings is 1. The Labute approximate surface area is 145 Å². The number of aromatic hydroxyl groups is 1. The van der Waals surface area contributed by atoms with E-state index in [0.717, 1.165) is 6.54 Å². The summed E-state index contributed by atoms with van der Waals surface area (Å²) in [6, 6.07) is 4.79. The highest BCUT2D eigenvalue weighted by Crippen LogP contribution is 2.16. The Morgan fingerprint density at radius 1 is 1.30 bits per heavy atom. The zero-order valence-electron chi connectivity index (χ0n) is 12.6. The number of nitrogens with one attached hydrogen (secondary N) is 1. The second-order valence-electron chi connectivity index (χ2n) is 5.00. The number of thiocarbonyl (C=S) groups is 2. The Morgan fingerprint density at radius 3 is 2.52 bits per heavy atom. The van der Waals surface area contributed by atoms with Crippen molar-refractivity contribution in [2.45, 2.75) is 13.0 Å². The third-order valence-electron chi connectivity index (χ3n) is 3.60. The fraction of sp³-hybridized carbons (Fsp3) is 0.333. The van der Waals surface area contributed by atoms with E-state index in [4.69, 9.17) is 24.4 Å². The Balaban J connectivity index is 2.08. The Morgan fingerprint density at radius 2 is 1.96 bits per heavy atom. The lowest BCUT2D eigenvalue weighted by molar-refractivity contribution is -0.109. The number of urea groups is 1. The highest BCUT2D eigenvalue weighted by molar-refractivity contribution is 7.89. The summed E-state index contributed by atoms with van der Waals surface area (Å²) in [5.74, 6) is 0.0898. The monoisotopic (exact) mass is 351 g/mol. The SMILES string of the molecule is CCN1CCN(C(=O)NC(C=O)c2ccc(O)cc2)C(=S)C1=S. The topological polar surface area (TPSA) is 72.9 Å². The first-order valence-electron chi connectivity index (χ1n) is 7.13. The third-order valence-corrected chi connectivity index (χ3v) is 4.60. The fourth-order valence-electron chi connectivity index (χ4n) is 2.26. The zero-order valence-corrected chi connectivity index (χ0v) is 14.2. The number of piperazine rings is 1. The van der Waals surface area contributed by atoms with Gasteiger partial charge in [-0.3, -0.25) is 4.90 Å². The van der Waals surface area contributed by atoms with Crippen molar-refractivity contribution in [1.29, 1.82) is 0 Å². The smallest absolute Gasteiger partial charge is 0.323 e. The second kappa shape index (κ2) is 7.47. The Hall–Kier alpha value is -2.06. The Kier molecular flexibility index (Phi) is 5.62. The molecule has 0 radical (unpaired) electrons. The largest absolute Gasteiger partial charge is 0.508 e. The highest BCUT2D eigenvalue weighted by Gasteiger charge is 2.30. The van der Waals surface area contributed by atoms with Crippen LogP contribution in [0.1, 0.15) is 18.5 Å². The van der Waals surface area contributed by atoms with E-state index < -0.39 is 12.1 Å². The number of phenolic OH excluding ortho intramolecular Hbond substituents is 1. The van der Waals surface area contributed by atoms with Crippen LogP contribution in [0.2, 0.25) is 0 Å². The van der Waals surface area contributed by atoms with Crippen molar-refractivity contribution in [2.24, 2.45) is 0 Å². The average Bonchev–Trinajstić information content (AvgIpc) is 2.55. The van der Waals surface area contributed by atoms with E-state index >= 15 is 0 Å². The molecule has 23 heavy (non-hydrogen) atoms. The molecular formula is C15H17N3O3S2. The summed E-state index contributed by atoms with van der Waals surface area (Å²) in [5.41, 5.74) is 0.576. The molecule has 0 aliphatic carbocycles. The molecule has 0 bridgehead atoms. The molecule has 1 unspecified atom stereocenters. The van der Waals surface area contributed by atoms with Crippen LogP contribution < -0.4 is 5.32 Å². The van der Waals surface area contributed by atoms with E-state index in [1.54, 1.807) is 12.1 Å². The number of likely N-dealkylation sites (N-methyl/N-ethyl adjacent to an activating group) is 1. The van der Waals surface area contributed by atoms with Gasteiger partial charge in [0, 0.05) is 19.6 Å². The summed E-state index contributed by atoms with van der Waals surface area (Å²) in [6.07, 6.45) is 0.633. The van der Waals surface area contributed by atoms with E-state index in [2.05, 4.69) is 5.32 Å². The van der Waals surface area contributed by atoms with Crippen LogP contribution in [0, 0.1) is 0 Å². The molecule has 1 heterocycles. The minimum atomic E-state index is -0.816. The molecule has 8 heteroatoms. The number of rotatable bonds is 4. The van der Waals surface area contributed by atoms with Crippen molar-refractivity contribution in [3.8, 4) is 5.75 Å². The first-order chi connectivity index (χ1) is 11.0. The van der Waals surface area contributed by atoms with Gasteiger partial charge >= 0.3 is 6.03 Å². The van der Waals surface area contributed by atoms with Crippen LogP contribution >= 0.6 is 24.4 Å². The van der Waals surface area contributed by atoms with Crippen molar-refractivity contribution < 1.29 is 14.7 Å². The number of hydrogen-bond donors (Lipinski definition) is 2. The minimum Gasteiger partial charge on any atom is -0.508 e. The fourth-order valence-corrected chi connectivity index (χ4v) is 2.89. The van der Waals surface area contributed by atoms with Crippen molar-refractivity contribution in [3.63, 3.8) is 0 Å². The minimum absolute atomic E-state index is 0.0898. The van der Waals surface area contributed by atoms with Crippen LogP contribution in [0.15, 0.2) is 24.3 Å². The molecule has 0 aromatic heterocycles. The van der Waals surface area contributed by atoms with Gasteiger partial charge in [0.25, 0.3) is 0 Å². The van der Waals surface area contributed by atoms with Gasteiger partial charge in [0.05, 0.1) is 0 Å². The molecule has 1 fully saturated rings. The van der Waals surface area contributed by atoms with Crippen molar-refractivity contribution in [2.75, 3.05) is 19.6 Å². The quantitative estimate of drug-likeness (QED) is 0.635. The molecule has 1 aliphatic heterocycles. The van der Waals surface area contributed by atoms with E-state index in [9.17, 15) is 14.7 Å². The third kappa shape index (κ3) is 3.83. The lowest BCUT2D eigenvalue weighted by Gasteiger charge is -2.36. The van der Waals surface area contributed by atoms with Crippen molar-refractivity contribution in [3.05, 3.63) is 29.8 Å². The summed E-state index contributed by atoms with van der Waals surface area (Å²) >= 11 is 10.5. The number of nitrogens with zero attached hydrogens (tertiary/aromatic N) is 2. The maximum atomic E-state index is 12.4. The highest BCUT2D eigenvalue weighted by atomic mass is 32.1. The summed E-state index contributed by atoms with van der Waals surface area (Å²) in [7, 11) is 0. The number of hydrogen-bond acceptors (Lipinski definition) is 5. The molecule has 1 atom stereocenters. The van der Waals surface area contributed by atoms with Crippen LogP contribution in [-0.4, -0.2) is 56.8 Å². The van der Waals surface area contributed by atoms with Gasteiger partial charge in [-0.05, 0) is 24.6 Å². The van der Waals surface area contributed by atoms with Gasteiger partial charge in [-0.1, -0.05) is 36.6 Å². The first kappa shape index (κ1) is 17.3. The number of phenols is 1. The number of aldehydes is 1. The number of carbonyl (C=O) groups is 2. The predicted octanol–water partition coefficient (Wildman–Crippen LogP) is 1.63. The van der Waals surface area contributed by atoms with Gasteiger partial charge in [-0.2, -0.15) is 0 Å². The second-order valence-corrected chi connectivity index (χ2v) is 5.77. The molecular weight excluding hydrogens is 334 g/mol. The summed E-state index contributed by atoms with van der Waals surface area (Å²) in [4.78, 5) is 27.8. The van der Waals surface area contributed by atoms with Gasteiger partial charge in [0.1, 0.15) is 28.1 Å². The molecule has 122 valence electrons. The Bertz CT molecular complexity index is 633. The molecule has 2 rings (SSSR count). The molecule has 1 aliphatic rings. The standard InChI is InChI=1S/C15H17N3O3S2/c1-2-17-7-8-18(14(23)13(17)22)15(21)16-12(9-19)10-3-5-11(20)6-4-10/h3-6,9,12,20H,2,7-8H2,1H3,(H,16,21). The number of carbonyl (C=O) groups excluding carboxylic acids is 2. The van der Waals surface area contributed by atoms with E-state index in [0.29, 0.717) is 34.9 Å². The van der Waals surface area contributed by atoms with Crippen LogP contribution in [0.3, 0.4) is 0 Å². The molecule has 0 saturated carbocycles. The van der Waals surface area contributed by atoms with E-state index in [1.165, 1.54) is 17.0 Å². The summed E-state index contributed by atoms with van der Waals surface area (Å²) in [6.45, 7) is 3.73. The lowest BCUT2D eigenvalue weighted by Crippen LogP contribution is -2.57. The summed E-state index contributed by atoms with van der Waals surface area (Å²) in [5, 5.41) is 11.9. The molecule has 2 amide bonds. The van der Waals surface area contributed by atoms with E-state index in [-0.39, 0.29) is 5.75 Å². The van der Waals surface area contributed by atoms with Gasteiger partial charge in [-0.25, -0.2) is 4.79 Å². The average molecular weight is 351 g/mol. The van der Waals surface area contributed by atoms with Crippen LogP contribution in [-0.2, 0) is 4.79 Å². The molecule has 2 N–H and O–H groups in total. The molecule has 1 aromatic rings. The van der Waals surface area contributed by atoms with Crippen molar-refractivity contribution >= 4 is 46.7 Å². The lowest BCUT2D eigenvalue weighted by atomic mass is 10.1.